The van der Waals surface area contributed by atoms with Crippen LogP contribution >= 0.6 is 0 Å². The highest BCUT2D eigenvalue weighted by molar-refractivity contribution is 5.89. The number of oxazole rings is 1. The minimum atomic E-state index is -0.211. The number of benzene rings is 1. The lowest BCUT2D eigenvalue weighted by molar-refractivity contribution is 0.0915. The van der Waals surface area contributed by atoms with Crippen LogP contribution in [0.3, 0.4) is 0 Å². The number of aryl methyl sites for hydroxylation is 1. The second-order valence-corrected chi connectivity index (χ2v) is 7.46. The Balaban J connectivity index is 1.36. The molecule has 26 heavy (non-hydrogen) atoms. The van der Waals surface area contributed by atoms with Crippen LogP contribution in [0.1, 0.15) is 46.1 Å². The van der Waals surface area contributed by atoms with E-state index in [1.54, 1.807) is 12.1 Å². The van der Waals surface area contributed by atoms with Crippen molar-refractivity contribution in [3.05, 3.63) is 52.5 Å². The number of amides is 1. The van der Waals surface area contributed by atoms with Crippen molar-refractivity contribution in [3.63, 3.8) is 0 Å². The predicted octanol–water partition coefficient (Wildman–Crippen LogP) is 2.86. The van der Waals surface area contributed by atoms with Crippen molar-refractivity contribution < 1.29 is 13.6 Å². The predicted molar refractivity (Wildman–Crippen MR) is 95.4 cm³/mol. The van der Waals surface area contributed by atoms with E-state index in [-0.39, 0.29) is 17.6 Å². The van der Waals surface area contributed by atoms with Crippen LogP contribution in [0.15, 0.2) is 22.6 Å². The SMILES string of the molecule is Cc1cc(F)cc(CN2CCc3nc(C(=O)NCC4CC4)oc3CC2)c1. The first-order chi connectivity index (χ1) is 12.6. The van der Waals surface area contributed by atoms with E-state index in [9.17, 15) is 9.18 Å². The van der Waals surface area contributed by atoms with E-state index in [4.69, 9.17) is 4.42 Å². The average molecular weight is 357 g/mol. The number of carbonyl (C=O) groups is 1. The van der Waals surface area contributed by atoms with Gasteiger partial charge in [-0.05, 0) is 48.9 Å². The maximum atomic E-state index is 13.6. The molecule has 0 radical (unpaired) electrons. The Bertz CT molecular complexity index is 768. The molecule has 1 aliphatic carbocycles. The van der Waals surface area contributed by atoms with Gasteiger partial charge in [-0.1, -0.05) is 6.07 Å². The quantitative estimate of drug-likeness (QED) is 0.894. The average Bonchev–Trinajstić information content (AvgIpc) is 3.36. The van der Waals surface area contributed by atoms with Crippen molar-refractivity contribution >= 4 is 5.91 Å². The molecule has 6 heteroatoms. The molecule has 0 atom stereocenters. The Kier molecular flexibility index (Phi) is 4.76. The van der Waals surface area contributed by atoms with Gasteiger partial charge in [-0.3, -0.25) is 9.69 Å². The number of nitrogens with one attached hydrogen (secondary N) is 1. The fourth-order valence-electron chi connectivity index (χ4n) is 3.46. The zero-order chi connectivity index (χ0) is 18.1. The molecular weight excluding hydrogens is 333 g/mol. The smallest absolute Gasteiger partial charge is 0.307 e. The fourth-order valence-corrected chi connectivity index (χ4v) is 3.46. The Hall–Kier alpha value is -2.21. The first-order valence-electron chi connectivity index (χ1n) is 9.32. The van der Waals surface area contributed by atoms with Gasteiger partial charge in [0.25, 0.3) is 5.89 Å². The molecule has 1 fully saturated rings. The molecule has 2 heterocycles. The van der Waals surface area contributed by atoms with Crippen LogP contribution in [0.5, 0.6) is 0 Å². The lowest BCUT2D eigenvalue weighted by Gasteiger charge is -2.19. The van der Waals surface area contributed by atoms with Gasteiger partial charge in [-0.15, -0.1) is 0 Å². The van der Waals surface area contributed by atoms with Gasteiger partial charge in [-0.2, -0.15) is 0 Å². The second-order valence-electron chi connectivity index (χ2n) is 7.46. The molecule has 138 valence electrons. The molecule has 2 aromatic rings. The van der Waals surface area contributed by atoms with Crippen molar-refractivity contribution in [2.75, 3.05) is 19.6 Å². The van der Waals surface area contributed by atoms with Crippen molar-refractivity contribution in [3.8, 4) is 0 Å². The van der Waals surface area contributed by atoms with Gasteiger partial charge in [0, 0.05) is 39.0 Å². The highest BCUT2D eigenvalue weighted by Crippen LogP contribution is 2.27. The minimum absolute atomic E-state index is 0.185. The van der Waals surface area contributed by atoms with Crippen molar-refractivity contribution in [1.82, 2.24) is 15.2 Å². The Morgan fingerprint density at radius 1 is 1.31 bits per heavy atom. The molecule has 1 aliphatic heterocycles. The van der Waals surface area contributed by atoms with Crippen LogP contribution in [0.4, 0.5) is 4.39 Å². The molecule has 1 saturated carbocycles. The number of nitrogens with zero attached hydrogens (tertiary/aromatic N) is 2. The minimum Gasteiger partial charge on any atom is -0.437 e. The number of aromatic nitrogens is 1. The van der Waals surface area contributed by atoms with Gasteiger partial charge in [0.2, 0.25) is 0 Å². The highest BCUT2D eigenvalue weighted by Gasteiger charge is 2.25. The lowest BCUT2D eigenvalue weighted by Crippen LogP contribution is -2.27. The van der Waals surface area contributed by atoms with Crippen LogP contribution in [-0.4, -0.2) is 35.4 Å². The number of fused-ring (bicyclic) bond motifs is 1. The van der Waals surface area contributed by atoms with Gasteiger partial charge >= 0.3 is 5.91 Å². The van der Waals surface area contributed by atoms with Gasteiger partial charge in [0.05, 0.1) is 5.69 Å². The molecule has 0 spiro atoms. The summed E-state index contributed by atoms with van der Waals surface area (Å²) in [7, 11) is 0. The molecule has 5 nitrogen and oxygen atoms in total. The topological polar surface area (TPSA) is 58.4 Å². The molecule has 1 amide bonds. The maximum Gasteiger partial charge on any atom is 0.307 e. The third kappa shape index (κ3) is 4.12. The van der Waals surface area contributed by atoms with E-state index in [1.807, 2.05) is 13.0 Å². The monoisotopic (exact) mass is 357 g/mol. The van der Waals surface area contributed by atoms with E-state index in [0.29, 0.717) is 25.4 Å². The summed E-state index contributed by atoms with van der Waals surface area (Å²) in [5, 5.41) is 2.90. The maximum absolute atomic E-state index is 13.6. The Morgan fingerprint density at radius 3 is 2.88 bits per heavy atom. The summed E-state index contributed by atoms with van der Waals surface area (Å²) in [6, 6.07) is 5.16. The van der Waals surface area contributed by atoms with Crippen molar-refractivity contribution in [1.29, 1.82) is 0 Å². The largest absolute Gasteiger partial charge is 0.437 e. The first-order valence-corrected chi connectivity index (χ1v) is 9.32. The summed E-state index contributed by atoms with van der Waals surface area (Å²) in [5.74, 6) is 1.22. The summed E-state index contributed by atoms with van der Waals surface area (Å²) >= 11 is 0. The van der Waals surface area contributed by atoms with Gasteiger partial charge in [-0.25, -0.2) is 9.37 Å². The number of rotatable bonds is 5. The number of halogens is 1. The molecule has 2 aliphatic rings. The normalized spacial score (nSPS) is 17.6. The molecule has 1 aromatic heterocycles. The molecule has 4 rings (SSSR count). The summed E-state index contributed by atoms with van der Waals surface area (Å²) in [6.07, 6.45) is 3.85. The summed E-state index contributed by atoms with van der Waals surface area (Å²) < 4.78 is 19.3. The first kappa shape index (κ1) is 17.2. The van der Waals surface area contributed by atoms with Crippen LogP contribution in [-0.2, 0) is 19.4 Å². The lowest BCUT2D eigenvalue weighted by atomic mass is 10.1. The molecule has 0 saturated heterocycles. The van der Waals surface area contributed by atoms with Crippen LogP contribution < -0.4 is 5.32 Å². The summed E-state index contributed by atoms with van der Waals surface area (Å²) in [5.41, 5.74) is 2.79. The highest BCUT2D eigenvalue weighted by atomic mass is 19.1. The van der Waals surface area contributed by atoms with E-state index in [1.165, 1.54) is 12.8 Å². The standard InChI is InChI=1S/C20H24FN3O2/c1-13-8-15(10-16(21)9-13)12-24-6-4-17-18(5-7-24)26-20(23-17)19(25)22-11-14-2-3-14/h8-10,14H,2-7,11-12H2,1H3,(H,22,25). The third-order valence-corrected chi connectivity index (χ3v) is 5.05. The zero-order valence-corrected chi connectivity index (χ0v) is 15.1. The zero-order valence-electron chi connectivity index (χ0n) is 15.1. The van der Waals surface area contributed by atoms with Gasteiger partial charge in [0.15, 0.2) is 0 Å². The van der Waals surface area contributed by atoms with Gasteiger partial charge < -0.3 is 9.73 Å². The Labute approximate surface area is 152 Å². The molecule has 1 N–H and O–H groups in total. The summed E-state index contributed by atoms with van der Waals surface area (Å²) in [4.78, 5) is 18.8. The fraction of sp³-hybridized carbons (Fsp3) is 0.500. The van der Waals surface area contributed by atoms with E-state index < -0.39 is 0 Å². The molecule has 1 aromatic carbocycles. The van der Waals surface area contributed by atoms with E-state index in [0.717, 1.165) is 42.1 Å². The van der Waals surface area contributed by atoms with Crippen LogP contribution in [0.25, 0.3) is 0 Å². The van der Waals surface area contributed by atoms with Crippen LogP contribution in [0.2, 0.25) is 0 Å². The van der Waals surface area contributed by atoms with Gasteiger partial charge in [0.1, 0.15) is 11.6 Å². The van der Waals surface area contributed by atoms with E-state index in [2.05, 4.69) is 15.2 Å². The van der Waals surface area contributed by atoms with Crippen LogP contribution in [0, 0.1) is 18.7 Å². The number of hydrogen-bond acceptors (Lipinski definition) is 4. The Morgan fingerprint density at radius 2 is 2.12 bits per heavy atom. The van der Waals surface area contributed by atoms with Crippen molar-refractivity contribution in [2.24, 2.45) is 5.92 Å². The number of carbonyl (C=O) groups excluding carboxylic acids is 1. The van der Waals surface area contributed by atoms with E-state index >= 15 is 0 Å². The molecular formula is C20H24FN3O2. The molecule has 0 unspecified atom stereocenters. The second kappa shape index (κ2) is 7.19. The summed E-state index contributed by atoms with van der Waals surface area (Å²) in [6.45, 7) is 4.95. The number of hydrogen-bond donors (Lipinski definition) is 1. The molecule has 0 bridgehead atoms. The van der Waals surface area contributed by atoms with Crippen molar-refractivity contribution in [2.45, 2.75) is 39.2 Å². The third-order valence-electron chi connectivity index (χ3n) is 5.05.